The summed E-state index contributed by atoms with van der Waals surface area (Å²) in [7, 11) is -3.60. The van der Waals surface area contributed by atoms with Crippen molar-refractivity contribution in [3.8, 4) is 0 Å². The highest BCUT2D eigenvalue weighted by Gasteiger charge is 2.12. The van der Waals surface area contributed by atoms with E-state index in [1.165, 1.54) is 12.1 Å². The first-order valence-corrected chi connectivity index (χ1v) is 6.28. The summed E-state index contributed by atoms with van der Waals surface area (Å²) >= 11 is 0. The van der Waals surface area contributed by atoms with Gasteiger partial charge in [0.15, 0.2) is 0 Å². The largest absolute Gasteiger partial charge is 0.399 e. The van der Waals surface area contributed by atoms with Crippen LogP contribution in [0.4, 0.5) is 10.5 Å². The summed E-state index contributed by atoms with van der Waals surface area (Å²) < 4.78 is 25.7. The molecule has 6 N–H and O–H groups in total. The van der Waals surface area contributed by atoms with Crippen molar-refractivity contribution in [2.75, 3.05) is 18.8 Å². The van der Waals surface area contributed by atoms with Gasteiger partial charge in [-0.25, -0.2) is 17.9 Å². The van der Waals surface area contributed by atoms with E-state index in [0.29, 0.717) is 5.69 Å². The Kier molecular flexibility index (Phi) is 4.30. The molecule has 1 aromatic rings. The molecule has 8 heteroatoms. The number of carbonyl (C=O) groups is 1. The number of sulfonamides is 1. The van der Waals surface area contributed by atoms with Crippen molar-refractivity contribution in [3.05, 3.63) is 24.3 Å². The van der Waals surface area contributed by atoms with Gasteiger partial charge in [0.2, 0.25) is 10.0 Å². The van der Waals surface area contributed by atoms with E-state index in [2.05, 4.69) is 10.0 Å². The van der Waals surface area contributed by atoms with E-state index in [1.807, 2.05) is 0 Å². The Bertz CT molecular complexity index is 501. The molecule has 0 aliphatic carbocycles. The lowest BCUT2D eigenvalue weighted by atomic mass is 10.3. The van der Waals surface area contributed by atoms with E-state index in [0.717, 1.165) is 0 Å². The minimum atomic E-state index is -3.60. The van der Waals surface area contributed by atoms with Gasteiger partial charge in [-0.15, -0.1) is 0 Å². The Hall–Kier alpha value is -1.80. The molecule has 17 heavy (non-hydrogen) atoms. The third-order valence-electron chi connectivity index (χ3n) is 1.88. The van der Waals surface area contributed by atoms with Gasteiger partial charge in [0.05, 0.1) is 4.90 Å². The van der Waals surface area contributed by atoms with Crippen molar-refractivity contribution in [3.63, 3.8) is 0 Å². The smallest absolute Gasteiger partial charge is 0.312 e. The Balaban J connectivity index is 2.60. The molecular weight excluding hydrogens is 244 g/mol. The molecule has 0 spiro atoms. The van der Waals surface area contributed by atoms with Crippen molar-refractivity contribution in [1.82, 2.24) is 10.0 Å². The van der Waals surface area contributed by atoms with E-state index in [-0.39, 0.29) is 18.0 Å². The maximum Gasteiger partial charge on any atom is 0.312 e. The number of hydrogen-bond donors (Lipinski definition) is 4. The molecular formula is C9H14N4O3S. The lowest BCUT2D eigenvalue weighted by Crippen LogP contribution is -2.37. The Morgan fingerprint density at radius 2 is 2.00 bits per heavy atom. The second kappa shape index (κ2) is 5.51. The van der Waals surface area contributed by atoms with E-state index in [9.17, 15) is 13.2 Å². The first-order chi connectivity index (χ1) is 7.92. The number of amides is 2. The van der Waals surface area contributed by atoms with E-state index < -0.39 is 16.1 Å². The summed E-state index contributed by atoms with van der Waals surface area (Å²) in [5.74, 6) is 0. The minimum Gasteiger partial charge on any atom is -0.399 e. The van der Waals surface area contributed by atoms with Crippen molar-refractivity contribution in [2.45, 2.75) is 4.90 Å². The SMILES string of the molecule is NC(=O)NCCNS(=O)(=O)c1cccc(N)c1. The number of anilines is 1. The van der Waals surface area contributed by atoms with Crippen LogP contribution in [0, 0.1) is 0 Å². The van der Waals surface area contributed by atoms with Gasteiger partial charge in [0.1, 0.15) is 0 Å². The molecule has 1 rings (SSSR count). The van der Waals surface area contributed by atoms with Gasteiger partial charge in [-0.2, -0.15) is 0 Å². The van der Waals surface area contributed by atoms with Crippen LogP contribution in [0.2, 0.25) is 0 Å². The summed E-state index contributed by atoms with van der Waals surface area (Å²) in [6.45, 7) is 0.178. The molecule has 0 saturated carbocycles. The van der Waals surface area contributed by atoms with Crippen molar-refractivity contribution in [2.24, 2.45) is 5.73 Å². The molecule has 7 nitrogen and oxygen atoms in total. The van der Waals surface area contributed by atoms with Gasteiger partial charge in [0.25, 0.3) is 0 Å². The zero-order valence-electron chi connectivity index (χ0n) is 9.01. The zero-order valence-corrected chi connectivity index (χ0v) is 9.83. The highest BCUT2D eigenvalue weighted by molar-refractivity contribution is 7.89. The number of primary amides is 1. The highest BCUT2D eigenvalue weighted by atomic mass is 32.2. The lowest BCUT2D eigenvalue weighted by Gasteiger charge is -2.07. The predicted molar refractivity (Wildman–Crippen MR) is 63.6 cm³/mol. The number of nitrogens with one attached hydrogen (secondary N) is 2. The number of benzene rings is 1. The van der Waals surface area contributed by atoms with E-state index >= 15 is 0 Å². The number of hydrogen-bond acceptors (Lipinski definition) is 4. The number of nitrogen functional groups attached to an aromatic ring is 1. The molecule has 2 amide bonds. The Morgan fingerprint density at radius 1 is 1.29 bits per heavy atom. The Morgan fingerprint density at radius 3 is 2.59 bits per heavy atom. The summed E-state index contributed by atoms with van der Waals surface area (Å²) in [4.78, 5) is 10.4. The van der Waals surface area contributed by atoms with Crippen molar-refractivity contribution < 1.29 is 13.2 Å². The summed E-state index contributed by atoms with van der Waals surface area (Å²) in [6, 6.07) is 5.22. The van der Waals surface area contributed by atoms with Crippen LogP contribution in [0.5, 0.6) is 0 Å². The molecule has 0 aliphatic heterocycles. The lowest BCUT2D eigenvalue weighted by molar-refractivity contribution is 0.249. The molecule has 0 unspecified atom stereocenters. The average Bonchev–Trinajstić information content (AvgIpc) is 2.24. The second-order valence-corrected chi connectivity index (χ2v) is 5.03. The van der Waals surface area contributed by atoms with Crippen LogP contribution in [0.15, 0.2) is 29.2 Å². The van der Waals surface area contributed by atoms with Crippen LogP contribution in [0.1, 0.15) is 0 Å². The van der Waals surface area contributed by atoms with Crippen LogP contribution >= 0.6 is 0 Å². The van der Waals surface area contributed by atoms with Gasteiger partial charge >= 0.3 is 6.03 Å². The van der Waals surface area contributed by atoms with Gasteiger partial charge in [0, 0.05) is 18.8 Å². The van der Waals surface area contributed by atoms with Crippen LogP contribution < -0.4 is 21.5 Å². The molecule has 0 saturated heterocycles. The summed E-state index contributed by atoms with van der Waals surface area (Å²) in [6.07, 6.45) is 0. The molecule has 0 radical (unpaired) electrons. The number of rotatable bonds is 5. The van der Waals surface area contributed by atoms with Crippen molar-refractivity contribution >= 4 is 21.7 Å². The fourth-order valence-electron chi connectivity index (χ4n) is 1.14. The van der Waals surface area contributed by atoms with E-state index in [1.54, 1.807) is 12.1 Å². The Labute approximate surface area is 99.2 Å². The maximum absolute atomic E-state index is 11.7. The molecule has 0 fully saturated rings. The average molecular weight is 258 g/mol. The highest BCUT2D eigenvalue weighted by Crippen LogP contribution is 2.11. The monoisotopic (exact) mass is 258 g/mol. The minimum absolute atomic E-state index is 0.0556. The molecule has 0 atom stereocenters. The third kappa shape index (κ3) is 4.29. The fourth-order valence-corrected chi connectivity index (χ4v) is 2.22. The number of nitrogens with two attached hydrogens (primary N) is 2. The van der Waals surface area contributed by atoms with Crippen LogP contribution in [-0.2, 0) is 10.0 Å². The predicted octanol–water partition coefficient (Wildman–Crippen LogP) is -0.785. The van der Waals surface area contributed by atoms with Gasteiger partial charge in [-0.1, -0.05) is 6.07 Å². The first kappa shape index (κ1) is 13.3. The number of urea groups is 1. The molecule has 0 aromatic heterocycles. The molecule has 94 valence electrons. The van der Waals surface area contributed by atoms with Gasteiger partial charge in [-0.3, -0.25) is 0 Å². The van der Waals surface area contributed by atoms with Gasteiger partial charge < -0.3 is 16.8 Å². The second-order valence-electron chi connectivity index (χ2n) is 3.26. The summed E-state index contributed by atoms with van der Waals surface area (Å²) in [5.41, 5.74) is 10.7. The van der Waals surface area contributed by atoms with Crippen molar-refractivity contribution in [1.29, 1.82) is 0 Å². The standard InChI is InChI=1S/C9H14N4O3S/c10-7-2-1-3-8(6-7)17(15,16)13-5-4-12-9(11)14/h1-3,6,13H,4-5,10H2,(H3,11,12,14). The maximum atomic E-state index is 11.7. The van der Waals surface area contributed by atoms with Crippen LogP contribution in [0.25, 0.3) is 0 Å². The topological polar surface area (TPSA) is 127 Å². The normalized spacial score (nSPS) is 11.1. The zero-order chi connectivity index (χ0) is 12.9. The third-order valence-corrected chi connectivity index (χ3v) is 3.34. The van der Waals surface area contributed by atoms with Crippen LogP contribution in [-0.4, -0.2) is 27.5 Å². The van der Waals surface area contributed by atoms with E-state index in [4.69, 9.17) is 11.5 Å². The van der Waals surface area contributed by atoms with Gasteiger partial charge in [-0.05, 0) is 18.2 Å². The first-order valence-electron chi connectivity index (χ1n) is 4.80. The molecule has 1 aromatic carbocycles. The quantitative estimate of drug-likeness (QED) is 0.408. The molecule has 0 bridgehead atoms. The molecule has 0 aliphatic rings. The fraction of sp³-hybridized carbons (Fsp3) is 0.222. The molecule has 0 heterocycles. The number of carbonyl (C=O) groups excluding carboxylic acids is 1. The van der Waals surface area contributed by atoms with Crippen LogP contribution in [0.3, 0.4) is 0 Å². The summed E-state index contributed by atoms with van der Waals surface area (Å²) in [5, 5.41) is 2.27.